The minimum atomic E-state index is -0.622. The van der Waals surface area contributed by atoms with E-state index < -0.39 is 99.7 Å². The van der Waals surface area contributed by atoms with Crippen molar-refractivity contribution in [1.82, 2.24) is 0 Å². The maximum absolute atomic E-state index is 6.95. The van der Waals surface area contributed by atoms with E-state index in [2.05, 4.69) is 215 Å². The topological polar surface area (TPSA) is 111 Å². The van der Waals surface area contributed by atoms with E-state index in [1.165, 1.54) is 38.5 Å². The highest BCUT2D eigenvalue weighted by atomic mass is 16.7. The first kappa shape index (κ1) is 73.8. The molecule has 600 valence electrons. The van der Waals surface area contributed by atoms with Gasteiger partial charge in [0.2, 0.25) is 0 Å². The molecule has 6 heterocycles. The molecule has 30 aliphatic rings. The molecule has 6 saturated carbocycles. The predicted octanol–water partition coefficient (Wildman–Crippen LogP) is 15.4. The van der Waals surface area contributed by atoms with Gasteiger partial charge in [0.05, 0.1) is 144 Å². The normalized spacial score (nSPS) is 41.6. The average molecular weight is 1590 g/mol. The van der Waals surface area contributed by atoms with Crippen LogP contribution in [0.2, 0.25) is 0 Å². The Morgan fingerprint density at radius 2 is 0.225 bits per heavy atom. The van der Waals surface area contributed by atoms with Gasteiger partial charge in [0.15, 0.2) is 34.7 Å². The molecule has 120 heavy (non-hydrogen) atoms. The predicted molar refractivity (Wildman–Crippen MR) is 446 cm³/mol. The van der Waals surface area contributed by atoms with Crippen LogP contribution in [0.1, 0.15) is 193 Å². The van der Waals surface area contributed by atoms with Crippen LogP contribution in [0.5, 0.6) is 0 Å². The van der Waals surface area contributed by atoms with Crippen molar-refractivity contribution in [3.8, 4) is 142 Å². The van der Waals surface area contributed by atoms with Crippen LogP contribution < -0.4 is 0 Å². The van der Waals surface area contributed by atoms with Crippen molar-refractivity contribution in [3.05, 3.63) is 140 Å². The lowest BCUT2D eigenvalue weighted by Gasteiger charge is -2.60. The van der Waals surface area contributed by atoms with E-state index in [4.69, 9.17) is 56.8 Å². The van der Waals surface area contributed by atoms with Gasteiger partial charge in [-0.15, -0.1) is 0 Å². The monoisotopic (exact) mass is 1580 g/mol. The largest absolute Gasteiger partial charge is 0.349 e. The smallest absolute Gasteiger partial charge is 0.168 e. The first-order valence-electron chi connectivity index (χ1n) is 45.3. The SMILES string of the molecule is C1#CC2=CC34COC5(CCCCC5)OCC23C=C4C#CC#CC2=CC34COC5(CCCCC5)OCC23C=C4C#CC#CC2=CC34COC5(CCCCC5)OCC23C=C4C#CC#CC2=CC34COC5(CCCCC5)OCC23C=C4C#CC#CC2=CC34COC5(CCCCC5)OCC23C=C4C#CC#CC2=CC34COC5(CCCCC5)OCC23C=C4C#C1. The molecular formula is C108H96O12. The minimum absolute atomic E-state index is 0.464. The lowest BCUT2D eigenvalue weighted by atomic mass is 9.41. The van der Waals surface area contributed by atoms with Crippen molar-refractivity contribution in [2.45, 2.75) is 227 Å². The minimum Gasteiger partial charge on any atom is -0.349 e. The molecule has 12 nitrogen and oxygen atoms in total. The van der Waals surface area contributed by atoms with E-state index in [1.54, 1.807) is 0 Å². The van der Waals surface area contributed by atoms with E-state index in [0.29, 0.717) is 79.3 Å². The standard InChI is InChI=1S/C108H96O12/c1-19-43-103(44-20-1)109-67-91-56-80-32-8-10-34-82-58-96-72-114-105(47-23-3-24-48-105)112-70-94(82,96)60-84(96)36-12-14-38-86-62-100-76-118-107(51-27-5-28-52-107)116-74-98(86,100)64-88(100)40-16-18-42-90-66-101-77-119-108(53-29-6-30-54-108)120-78-102(90,101)65-89(101)41-17-15-39-87-63-97-73-115-106(49-25-4-26-50-106)117-75-99(87,97)61-85(97)37-13-11-35-83-59-93-69-111-104(45-21-2-22-46-104)113-71-95(83,93)57-81(93)33-9-7-31-79(91)55-92(80,91)68-110-103/h55-66H,1-6,19-30,43-54,67-78H2. The molecule has 12 atom stereocenters. The first-order valence-corrected chi connectivity index (χ1v) is 45.3. The van der Waals surface area contributed by atoms with Crippen LogP contribution in [0, 0.1) is 207 Å². The first-order chi connectivity index (χ1) is 58.7. The van der Waals surface area contributed by atoms with Gasteiger partial charge in [-0.05, 0) is 148 Å². The van der Waals surface area contributed by atoms with Crippen molar-refractivity contribution in [2.75, 3.05) is 79.3 Å². The Balaban J connectivity index is 0.558. The fourth-order valence-corrected chi connectivity index (χ4v) is 26.3. The van der Waals surface area contributed by atoms with Gasteiger partial charge in [-0.25, -0.2) is 0 Å². The molecule has 6 saturated heterocycles. The summed E-state index contributed by atoms with van der Waals surface area (Å²) in [5.41, 5.74) is 6.05. The molecule has 12 unspecified atom stereocenters. The van der Waals surface area contributed by atoms with Crippen LogP contribution in [0.4, 0.5) is 0 Å². The Hall–Kier alpha value is -8.88. The van der Waals surface area contributed by atoms with Gasteiger partial charge in [-0.3, -0.25) is 0 Å². The van der Waals surface area contributed by atoms with Crippen LogP contribution in [-0.4, -0.2) is 114 Å². The second-order valence-corrected chi connectivity index (χ2v) is 39.6. The number of hydrogen-bond acceptors (Lipinski definition) is 12. The maximum atomic E-state index is 6.95. The quantitative estimate of drug-likeness (QED) is 0.215. The van der Waals surface area contributed by atoms with Gasteiger partial charge in [0, 0.05) is 144 Å². The molecule has 24 aliphatic carbocycles. The molecule has 0 aromatic rings. The Labute approximate surface area is 706 Å². The van der Waals surface area contributed by atoms with Crippen LogP contribution in [0.3, 0.4) is 0 Å². The van der Waals surface area contributed by atoms with Gasteiger partial charge >= 0.3 is 0 Å². The van der Waals surface area contributed by atoms with Gasteiger partial charge in [-0.1, -0.05) is 182 Å². The molecule has 0 aromatic heterocycles. The van der Waals surface area contributed by atoms with Crippen molar-refractivity contribution in [3.63, 3.8) is 0 Å². The van der Waals surface area contributed by atoms with Gasteiger partial charge in [0.1, 0.15) is 0 Å². The van der Waals surface area contributed by atoms with Crippen LogP contribution in [0.25, 0.3) is 0 Å². The maximum Gasteiger partial charge on any atom is 0.168 e. The average Bonchev–Trinajstić information content (AvgIpc) is 1.14. The summed E-state index contributed by atoms with van der Waals surface area (Å²) < 4.78 is 83.4. The zero-order chi connectivity index (χ0) is 79.6. The molecule has 0 radical (unpaired) electrons. The van der Waals surface area contributed by atoms with Crippen molar-refractivity contribution in [1.29, 1.82) is 0 Å². The summed E-state index contributed by atoms with van der Waals surface area (Å²) in [7, 11) is 0. The highest BCUT2D eigenvalue weighted by Crippen LogP contribution is 2.76. The van der Waals surface area contributed by atoms with E-state index in [1.807, 2.05) is 0 Å². The molecule has 0 N–H and O–H groups in total. The summed E-state index contributed by atoms with van der Waals surface area (Å²) in [6, 6.07) is 0. The van der Waals surface area contributed by atoms with Crippen molar-refractivity contribution in [2.24, 2.45) is 65.0 Å². The highest BCUT2D eigenvalue weighted by molar-refractivity contribution is 5.76. The van der Waals surface area contributed by atoms with Crippen LogP contribution >= 0.6 is 0 Å². The summed E-state index contributed by atoms with van der Waals surface area (Å²) in [5.74, 6) is 78.9. The molecule has 12 fully saturated rings. The Morgan fingerprint density at radius 3 is 0.317 bits per heavy atom. The summed E-state index contributed by atoms with van der Waals surface area (Å²) >= 11 is 0. The fraction of sp³-hybridized carbons (Fsp3) is 0.556. The van der Waals surface area contributed by atoms with Gasteiger partial charge in [0.25, 0.3) is 0 Å². The summed E-state index contributed by atoms with van der Waals surface area (Å²) in [6.07, 6.45) is 57.6. The number of rotatable bonds is 0. The highest BCUT2D eigenvalue weighted by Gasteiger charge is 2.75. The number of ether oxygens (including phenoxy) is 12. The summed E-state index contributed by atoms with van der Waals surface area (Å²) in [4.78, 5) is 0. The zero-order valence-corrected chi connectivity index (χ0v) is 68.5. The molecule has 6 aliphatic heterocycles. The fourth-order valence-electron chi connectivity index (χ4n) is 26.3. The molecular weight excluding hydrogens is 1490 g/mol. The van der Waals surface area contributed by atoms with Crippen LogP contribution in [0.15, 0.2) is 140 Å². The zero-order valence-electron chi connectivity index (χ0n) is 68.5. The Morgan fingerprint density at radius 1 is 0.133 bits per heavy atom. The van der Waals surface area contributed by atoms with E-state index in [0.717, 1.165) is 221 Å². The van der Waals surface area contributed by atoms with E-state index in [-0.39, 0.29) is 0 Å². The van der Waals surface area contributed by atoms with Gasteiger partial charge in [-0.2, -0.15) is 0 Å². The van der Waals surface area contributed by atoms with E-state index >= 15 is 0 Å². The second-order valence-electron chi connectivity index (χ2n) is 39.6. The third kappa shape index (κ3) is 9.67. The van der Waals surface area contributed by atoms with Crippen molar-refractivity contribution < 1.29 is 56.8 Å². The Bertz CT molecular complexity index is 4730. The lowest BCUT2D eigenvalue weighted by molar-refractivity contribution is -0.244. The van der Waals surface area contributed by atoms with E-state index in [9.17, 15) is 0 Å². The lowest BCUT2D eigenvalue weighted by Crippen LogP contribution is -2.60. The molecule has 12 heteroatoms. The van der Waals surface area contributed by atoms with Crippen molar-refractivity contribution >= 4 is 0 Å². The van der Waals surface area contributed by atoms with Gasteiger partial charge < -0.3 is 56.8 Å². The molecule has 30 rings (SSSR count). The number of hydrogen-bond donors (Lipinski definition) is 0. The molecule has 24 bridgehead atoms. The Kier molecular flexibility index (Phi) is 15.9. The summed E-state index contributed by atoms with van der Waals surface area (Å²) in [5, 5.41) is 0. The molecule has 0 aromatic carbocycles. The summed E-state index contributed by atoms with van der Waals surface area (Å²) in [6.45, 7) is 5.56. The third-order valence-electron chi connectivity index (χ3n) is 34.4. The van der Waals surface area contributed by atoms with Crippen LogP contribution in [-0.2, 0) is 56.8 Å². The molecule has 18 spiro atoms. The second kappa shape index (κ2) is 25.9. The third-order valence-corrected chi connectivity index (χ3v) is 34.4. The molecule has 0 amide bonds.